The molecule has 136 valence electrons. The summed E-state index contributed by atoms with van der Waals surface area (Å²) < 4.78 is 1.88. The molecule has 0 aliphatic carbocycles. The van der Waals surface area contributed by atoms with E-state index in [2.05, 4.69) is 25.9 Å². The Morgan fingerprint density at radius 3 is 2.85 bits per heavy atom. The lowest BCUT2D eigenvalue weighted by atomic mass is 10.1. The van der Waals surface area contributed by atoms with Crippen LogP contribution in [0.1, 0.15) is 29.4 Å². The quantitative estimate of drug-likeness (QED) is 0.657. The van der Waals surface area contributed by atoms with Crippen LogP contribution in [0, 0.1) is 0 Å². The summed E-state index contributed by atoms with van der Waals surface area (Å²) in [5, 5.41) is 17.7. The highest BCUT2D eigenvalue weighted by Crippen LogP contribution is 2.25. The van der Waals surface area contributed by atoms with E-state index in [1.165, 1.54) is 0 Å². The zero-order chi connectivity index (χ0) is 17.1. The molecule has 0 bridgehead atoms. The van der Waals surface area contributed by atoms with Crippen molar-refractivity contribution >= 4 is 24.0 Å². The van der Waals surface area contributed by atoms with Gasteiger partial charge in [0.1, 0.15) is 0 Å². The van der Waals surface area contributed by atoms with Crippen LogP contribution in [0.3, 0.4) is 0 Å². The Morgan fingerprint density at radius 1 is 1.23 bits per heavy atom. The summed E-state index contributed by atoms with van der Waals surface area (Å²) in [6.45, 7) is 1.94. The standard InChI is InChI=1S/C18H20N6O.ClH/c25-18(15-8-10-24(23-15)14-7-4-9-19-11-14)21-16-12-20-22-17(16)13-5-2-1-3-6-13;/h1-3,5-6,8,10,12,14,19H,4,7,9,11H2,(H,20,22)(H,21,25);1H. The number of H-pyrrole nitrogens is 1. The molecule has 1 aliphatic heterocycles. The second-order valence-corrected chi connectivity index (χ2v) is 6.16. The number of nitrogens with one attached hydrogen (secondary N) is 3. The SMILES string of the molecule is Cl.O=C(Nc1cn[nH]c1-c1ccccc1)c1ccn(C2CCCNC2)n1. The maximum atomic E-state index is 12.5. The number of rotatable bonds is 4. The molecular formula is C18H21ClN6O. The van der Waals surface area contributed by atoms with Crippen molar-refractivity contribution in [2.24, 2.45) is 0 Å². The lowest BCUT2D eigenvalue weighted by Crippen LogP contribution is -2.32. The van der Waals surface area contributed by atoms with Crippen molar-refractivity contribution in [1.82, 2.24) is 25.3 Å². The van der Waals surface area contributed by atoms with Crippen molar-refractivity contribution < 1.29 is 4.79 Å². The van der Waals surface area contributed by atoms with Crippen LogP contribution in [0.15, 0.2) is 48.8 Å². The van der Waals surface area contributed by atoms with Gasteiger partial charge in [0.25, 0.3) is 5.91 Å². The number of aromatic amines is 1. The van der Waals surface area contributed by atoms with Gasteiger partial charge < -0.3 is 10.6 Å². The number of benzene rings is 1. The fourth-order valence-electron chi connectivity index (χ4n) is 3.11. The summed E-state index contributed by atoms with van der Waals surface area (Å²) in [4.78, 5) is 12.5. The Labute approximate surface area is 157 Å². The Bertz CT molecular complexity index is 853. The van der Waals surface area contributed by atoms with Gasteiger partial charge >= 0.3 is 0 Å². The van der Waals surface area contributed by atoms with E-state index in [9.17, 15) is 4.79 Å². The molecule has 3 aromatic rings. The average Bonchev–Trinajstić information content (AvgIpc) is 3.33. The summed E-state index contributed by atoms with van der Waals surface area (Å²) in [5.74, 6) is -0.235. The van der Waals surface area contributed by atoms with Crippen LogP contribution >= 0.6 is 12.4 Å². The number of anilines is 1. The number of hydrogen-bond donors (Lipinski definition) is 3. The number of hydrogen-bond acceptors (Lipinski definition) is 4. The molecule has 8 heteroatoms. The van der Waals surface area contributed by atoms with E-state index in [1.807, 2.05) is 41.2 Å². The number of carbonyl (C=O) groups is 1. The third kappa shape index (κ3) is 3.79. The molecule has 1 aliphatic rings. The Morgan fingerprint density at radius 2 is 2.08 bits per heavy atom. The van der Waals surface area contributed by atoms with Gasteiger partial charge in [0.05, 0.1) is 23.6 Å². The van der Waals surface area contributed by atoms with Crippen LogP contribution in [0.5, 0.6) is 0 Å². The molecule has 0 saturated carbocycles. The van der Waals surface area contributed by atoms with Crippen LogP contribution < -0.4 is 10.6 Å². The van der Waals surface area contributed by atoms with Crippen LogP contribution in [0.2, 0.25) is 0 Å². The summed E-state index contributed by atoms with van der Waals surface area (Å²) in [5.41, 5.74) is 2.80. The Kier molecular flexibility index (Phi) is 5.70. The van der Waals surface area contributed by atoms with Crippen molar-refractivity contribution in [2.45, 2.75) is 18.9 Å². The summed E-state index contributed by atoms with van der Waals surface area (Å²) in [6.07, 6.45) is 5.69. The molecule has 1 fully saturated rings. The van der Waals surface area contributed by atoms with Gasteiger partial charge in [-0.1, -0.05) is 30.3 Å². The molecule has 4 rings (SSSR count). The minimum atomic E-state index is -0.235. The Balaban J connectivity index is 0.00000196. The third-order valence-electron chi connectivity index (χ3n) is 4.44. The Hall–Kier alpha value is -2.64. The highest BCUT2D eigenvalue weighted by Gasteiger charge is 2.19. The van der Waals surface area contributed by atoms with E-state index in [1.54, 1.807) is 12.3 Å². The maximum absolute atomic E-state index is 12.5. The second kappa shape index (κ2) is 8.16. The molecule has 1 saturated heterocycles. The second-order valence-electron chi connectivity index (χ2n) is 6.16. The molecule has 1 atom stereocenters. The topological polar surface area (TPSA) is 87.6 Å². The number of amides is 1. The molecule has 26 heavy (non-hydrogen) atoms. The van der Waals surface area contributed by atoms with Crippen LogP contribution in [0.25, 0.3) is 11.3 Å². The summed E-state index contributed by atoms with van der Waals surface area (Å²) in [6, 6.07) is 11.8. The first-order valence-corrected chi connectivity index (χ1v) is 8.47. The van der Waals surface area contributed by atoms with Gasteiger partial charge in [0.2, 0.25) is 0 Å². The first kappa shape index (κ1) is 18.2. The van der Waals surface area contributed by atoms with Crippen LogP contribution in [-0.2, 0) is 0 Å². The highest BCUT2D eigenvalue weighted by atomic mass is 35.5. The van der Waals surface area contributed by atoms with E-state index >= 15 is 0 Å². The molecule has 3 heterocycles. The van der Waals surface area contributed by atoms with Crippen molar-refractivity contribution in [3.8, 4) is 11.3 Å². The fourth-order valence-corrected chi connectivity index (χ4v) is 3.11. The minimum Gasteiger partial charge on any atom is -0.317 e. The molecule has 0 radical (unpaired) electrons. The van der Waals surface area contributed by atoms with E-state index < -0.39 is 0 Å². The van der Waals surface area contributed by atoms with Gasteiger partial charge in [-0.05, 0) is 25.5 Å². The minimum absolute atomic E-state index is 0. The molecule has 2 aromatic heterocycles. The van der Waals surface area contributed by atoms with Gasteiger partial charge in [0.15, 0.2) is 5.69 Å². The van der Waals surface area contributed by atoms with Crippen molar-refractivity contribution in [2.75, 3.05) is 18.4 Å². The first-order valence-electron chi connectivity index (χ1n) is 8.47. The monoisotopic (exact) mass is 372 g/mol. The van der Waals surface area contributed by atoms with E-state index in [0.29, 0.717) is 17.4 Å². The molecule has 1 unspecified atom stereocenters. The van der Waals surface area contributed by atoms with Crippen molar-refractivity contribution in [1.29, 1.82) is 0 Å². The van der Waals surface area contributed by atoms with E-state index in [4.69, 9.17) is 0 Å². The maximum Gasteiger partial charge on any atom is 0.276 e. The van der Waals surface area contributed by atoms with E-state index in [0.717, 1.165) is 37.2 Å². The summed E-state index contributed by atoms with van der Waals surface area (Å²) >= 11 is 0. The normalized spacial score (nSPS) is 16.7. The van der Waals surface area contributed by atoms with Gasteiger partial charge in [-0.2, -0.15) is 10.2 Å². The number of aromatic nitrogens is 4. The number of halogens is 1. The average molecular weight is 373 g/mol. The smallest absolute Gasteiger partial charge is 0.276 e. The number of piperidine rings is 1. The number of nitrogens with zero attached hydrogens (tertiary/aromatic N) is 3. The predicted molar refractivity (Wildman–Crippen MR) is 103 cm³/mol. The fraction of sp³-hybridized carbons (Fsp3) is 0.278. The molecular weight excluding hydrogens is 352 g/mol. The lowest BCUT2D eigenvalue weighted by Gasteiger charge is -2.22. The summed E-state index contributed by atoms with van der Waals surface area (Å²) in [7, 11) is 0. The number of carbonyl (C=O) groups excluding carboxylic acids is 1. The van der Waals surface area contributed by atoms with Crippen LogP contribution in [-0.4, -0.2) is 39.0 Å². The molecule has 7 nitrogen and oxygen atoms in total. The first-order chi connectivity index (χ1) is 12.3. The molecule has 1 aromatic carbocycles. The predicted octanol–water partition coefficient (Wildman–Crippen LogP) is 2.87. The molecule has 3 N–H and O–H groups in total. The zero-order valence-electron chi connectivity index (χ0n) is 14.2. The van der Waals surface area contributed by atoms with Gasteiger partial charge in [0, 0.05) is 18.3 Å². The van der Waals surface area contributed by atoms with Crippen molar-refractivity contribution in [3.63, 3.8) is 0 Å². The van der Waals surface area contributed by atoms with Gasteiger partial charge in [-0.25, -0.2) is 0 Å². The van der Waals surface area contributed by atoms with E-state index in [-0.39, 0.29) is 18.3 Å². The largest absolute Gasteiger partial charge is 0.317 e. The third-order valence-corrected chi connectivity index (χ3v) is 4.44. The lowest BCUT2D eigenvalue weighted by molar-refractivity contribution is 0.102. The van der Waals surface area contributed by atoms with Gasteiger partial charge in [-0.15, -0.1) is 12.4 Å². The molecule has 1 amide bonds. The van der Waals surface area contributed by atoms with Crippen LogP contribution in [0.4, 0.5) is 5.69 Å². The zero-order valence-corrected chi connectivity index (χ0v) is 15.0. The van der Waals surface area contributed by atoms with Crippen molar-refractivity contribution in [3.05, 3.63) is 54.5 Å². The molecule has 0 spiro atoms. The highest BCUT2D eigenvalue weighted by molar-refractivity contribution is 6.04. The van der Waals surface area contributed by atoms with Gasteiger partial charge in [-0.3, -0.25) is 14.6 Å².